The molecule has 9 heteroatoms. The highest BCUT2D eigenvalue weighted by molar-refractivity contribution is 6.70. The zero-order chi connectivity index (χ0) is 15.6. The first-order valence-corrected chi connectivity index (χ1v) is 9.88. The van der Waals surface area contributed by atoms with Crippen molar-refractivity contribution in [3.63, 3.8) is 0 Å². The van der Waals surface area contributed by atoms with Gasteiger partial charge in [-0.2, -0.15) is 0 Å². The zero-order valence-electron chi connectivity index (χ0n) is 16.0. The van der Waals surface area contributed by atoms with Crippen LogP contribution in [0.15, 0.2) is 36.4 Å². The van der Waals surface area contributed by atoms with E-state index in [-0.39, 0.29) is 28.7 Å². The maximum Gasteiger partial charge on any atom is 0.370 e. The second kappa shape index (κ2) is 18.7. The monoisotopic (exact) mass is 410 g/mol. The van der Waals surface area contributed by atoms with Crippen molar-refractivity contribution in [3.05, 3.63) is 36.4 Å². The van der Waals surface area contributed by atoms with Gasteiger partial charge in [0.15, 0.2) is 0 Å². The van der Waals surface area contributed by atoms with Crippen molar-refractivity contribution in [3.8, 4) is 0 Å². The van der Waals surface area contributed by atoms with Crippen LogP contribution < -0.4 is 0 Å². The molecule has 0 spiro atoms. The molecule has 0 radical (unpaired) electrons. The first-order chi connectivity index (χ1) is 10.2. The third-order valence-electron chi connectivity index (χ3n) is 4.40. The number of rotatable bonds is 5. The van der Waals surface area contributed by atoms with Crippen LogP contribution in [0, 0.1) is 0 Å². The summed E-state index contributed by atoms with van der Waals surface area (Å²) in [6, 6.07) is 13.1. The fourth-order valence-corrected chi connectivity index (χ4v) is 7.30. The molecule has 0 bridgehead atoms. The summed E-state index contributed by atoms with van der Waals surface area (Å²) in [6.07, 6.45) is 5.70. The second-order valence-corrected chi connectivity index (χ2v) is 9.20. The Morgan fingerprint density at radius 1 is 0.769 bits per heavy atom. The number of halogens is 5. The van der Waals surface area contributed by atoms with E-state index in [4.69, 9.17) is 13.6 Å². The Labute approximate surface area is 154 Å². The van der Waals surface area contributed by atoms with Gasteiger partial charge in [-0.15, -0.1) is 0 Å². The van der Waals surface area contributed by atoms with Crippen LogP contribution in [0.5, 0.6) is 0 Å². The third kappa shape index (κ3) is 8.57. The molecule has 0 amide bonds. The van der Waals surface area contributed by atoms with Crippen molar-refractivity contribution in [1.82, 2.24) is 0 Å². The van der Waals surface area contributed by atoms with Gasteiger partial charge in [0, 0.05) is 21.3 Å². The van der Waals surface area contributed by atoms with Gasteiger partial charge in [-0.25, -0.2) is 0 Å². The van der Waals surface area contributed by atoms with Gasteiger partial charge in [0.25, 0.3) is 0 Å². The molecule has 0 N–H and O–H groups in total. The number of ether oxygens (including phenoxy) is 1. The molecule has 1 unspecified atom stereocenters. The average molecular weight is 411 g/mol. The highest BCUT2D eigenvalue weighted by Gasteiger charge is 2.58. The minimum atomic E-state index is -2.15. The van der Waals surface area contributed by atoms with Crippen LogP contribution in [0.1, 0.15) is 39.0 Å². The summed E-state index contributed by atoms with van der Waals surface area (Å²) in [4.78, 5) is 0. The van der Waals surface area contributed by atoms with Crippen molar-refractivity contribution in [2.24, 2.45) is 0 Å². The van der Waals surface area contributed by atoms with Crippen LogP contribution in [-0.4, -0.2) is 35.1 Å². The third-order valence-corrected chi connectivity index (χ3v) is 8.82. The van der Waals surface area contributed by atoms with E-state index < -0.39 is 8.56 Å². The topological polar surface area (TPSA) is 27.7 Å². The van der Waals surface area contributed by atoms with Crippen LogP contribution >= 0.6 is 0 Å². The molecule has 1 saturated heterocycles. The summed E-state index contributed by atoms with van der Waals surface area (Å²) in [5.74, 6) is 0. The number of benzene rings is 1. The molecule has 1 aromatic carbocycles. The van der Waals surface area contributed by atoms with E-state index in [0.717, 1.165) is 25.3 Å². The van der Waals surface area contributed by atoms with E-state index in [2.05, 4.69) is 6.92 Å². The van der Waals surface area contributed by atoms with Crippen LogP contribution in [0.4, 0.5) is 23.5 Å². The first kappa shape index (κ1) is 36.0. The maximum atomic E-state index is 5.83. The Hall–Kier alpha value is -1.03. The van der Waals surface area contributed by atoms with Crippen molar-refractivity contribution in [1.29, 1.82) is 0 Å². The number of hydrogen-bond donors (Lipinski definition) is 0. The van der Waals surface area contributed by atoms with Crippen molar-refractivity contribution in [2.75, 3.05) is 21.3 Å². The highest BCUT2D eigenvalue weighted by Crippen LogP contribution is 2.42. The molecular weight excluding hydrogens is 375 g/mol. The Bertz CT molecular complexity index is 355. The molecule has 1 aliphatic heterocycles. The van der Waals surface area contributed by atoms with E-state index >= 15 is 0 Å². The summed E-state index contributed by atoms with van der Waals surface area (Å²) in [5.41, 5.74) is 0. The Morgan fingerprint density at radius 3 is 1.50 bits per heavy atom. The molecule has 0 aliphatic carbocycles. The van der Waals surface area contributed by atoms with Gasteiger partial charge >= 0.3 is 8.56 Å². The maximum absolute atomic E-state index is 5.83. The molecule has 2 rings (SSSR count). The fourth-order valence-electron chi connectivity index (χ4n) is 3.31. The molecule has 1 atom stereocenters. The van der Waals surface area contributed by atoms with Crippen molar-refractivity contribution >= 4 is 8.56 Å². The largest absolute Gasteiger partial charge is 0.396 e. The summed E-state index contributed by atoms with van der Waals surface area (Å²) in [6.45, 7) is 2.19. The normalized spacial score (nSPS) is 19.4. The molecule has 26 heavy (non-hydrogen) atoms. The smallest absolute Gasteiger partial charge is 0.370 e. The van der Waals surface area contributed by atoms with Gasteiger partial charge in [0.1, 0.15) is 5.22 Å². The molecule has 160 valence electrons. The van der Waals surface area contributed by atoms with Gasteiger partial charge < -0.3 is 13.6 Å². The molecule has 1 fully saturated rings. The first-order valence-electron chi connectivity index (χ1n) is 7.85. The lowest BCUT2D eigenvalue weighted by atomic mass is 10.1. The molecular formula is C17H35F5O3Si. The van der Waals surface area contributed by atoms with E-state index in [1.807, 2.05) is 36.4 Å². The minimum absolute atomic E-state index is 0. The van der Waals surface area contributed by atoms with Crippen molar-refractivity contribution in [2.45, 2.75) is 50.3 Å². The molecule has 3 nitrogen and oxygen atoms in total. The van der Waals surface area contributed by atoms with Crippen LogP contribution in [0.25, 0.3) is 0 Å². The summed E-state index contributed by atoms with van der Waals surface area (Å²) < 4.78 is 17.4. The Kier molecular flexibility index (Phi) is 25.9. The SMILES string of the molecule is CCCC1(OC)CCCC[Si]1(OC)OC.F.F.F.F.F.c1ccccc1. The van der Waals surface area contributed by atoms with Gasteiger partial charge in [-0.3, -0.25) is 23.5 Å². The number of hydrogen-bond acceptors (Lipinski definition) is 3. The molecule has 1 aromatic rings. The highest BCUT2D eigenvalue weighted by atomic mass is 28.4. The average Bonchev–Trinajstić information content (AvgIpc) is 2.58. The molecule has 1 heterocycles. The van der Waals surface area contributed by atoms with Crippen LogP contribution in [0.3, 0.4) is 0 Å². The molecule has 1 aliphatic rings. The van der Waals surface area contributed by atoms with Gasteiger partial charge in [-0.1, -0.05) is 62.6 Å². The summed E-state index contributed by atoms with van der Waals surface area (Å²) >= 11 is 0. The van der Waals surface area contributed by atoms with E-state index in [0.29, 0.717) is 0 Å². The fraction of sp³-hybridized carbons (Fsp3) is 0.647. The quantitative estimate of drug-likeness (QED) is 0.501. The summed E-state index contributed by atoms with van der Waals surface area (Å²) in [7, 11) is 3.22. The lowest BCUT2D eigenvalue weighted by Crippen LogP contribution is -2.64. The summed E-state index contributed by atoms with van der Waals surface area (Å²) in [5, 5.41) is -0.122. The second-order valence-electron chi connectivity index (χ2n) is 5.47. The Morgan fingerprint density at radius 2 is 1.19 bits per heavy atom. The predicted molar refractivity (Wildman–Crippen MR) is 102 cm³/mol. The van der Waals surface area contributed by atoms with E-state index in [9.17, 15) is 0 Å². The van der Waals surface area contributed by atoms with Gasteiger partial charge in [-0.05, 0) is 18.9 Å². The predicted octanol–water partition coefficient (Wildman–Crippen LogP) is 5.08. The lowest BCUT2D eigenvalue weighted by molar-refractivity contribution is -0.0149. The lowest BCUT2D eigenvalue weighted by Gasteiger charge is -2.47. The Balaban J connectivity index is -0.000000116. The van der Waals surface area contributed by atoms with Gasteiger partial charge in [0.2, 0.25) is 0 Å². The van der Waals surface area contributed by atoms with Crippen LogP contribution in [-0.2, 0) is 13.6 Å². The molecule has 0 aromatic heterocycles. The molecule has 0 saturated carbocycles. The van der Waals surface area contributed by atoms with E-state index in [1.165, 1.54) is 12.8 Å². The van der Waals surface area contributed by atoms with Gasteiger partial charge in [0.05, 0.1) is 0 Å². The minimum Gasteiger partial charge on any atom is -0.396 e. The standard InChI is InChI=1S/C11H24O3Si.C6H6.5FH/c1-5-8-11(12-2)9-6-7-10-15(11,13-3)14-4;1-2-4-6-5-3-1;;;;;/h5-10H2,1-4H3;1-6H;5*1H. The number of methoxy groups -OCH3 is 1. The van der Waals surface area contributed by atoms with Crippen molar-refractivity contribution < 1.29 is 37.1 Å². The van der Waals surface area contributed by atoms with E-state index in [1.54, 1.807) is 21.3 Å². The van der Waals surface area contributed by atoms with Crippen LogP contribution in [0.2, 0.25) is 6.04 Å². The zero-order valence-corrected chi connectivity index (χ0v) is 17.0.